The van der Waals surface area contributed by atoms with Crippen LogP contribution in [0.3, 0.4) is 0 Å². The van der Waals surface area contributed by atoms with Gasteiger partial charge in [-0.05, 0) is 24.6 Å². The summed E-state index contributed by atoms with van der Waals surface area (Å²) in [6.45, 7) is 7.40. The molecule has 136 valence electrons. The summed E-state index contributed by atoms with van der Waals surface area (Å²) in [6, 6.07) is 5.27. The van der Waals surface area contributed by atoms with Crippen LogP contribution in [0.5, 0.6) is 0 Å². The summed E-state index contributed by atoms with van der Waals surface area (Å²) in [5.41, 5.74) is 1.18. The summed E-state index contributed by atoms with van der Waals surface area (Å²) in [5, 5.41) is 1.02. The van der Waals surface area contributed by atoms with E-state index in [0.717, 1.165) is 11.3 Å². The van der Waals surface area contributed by atoms with Crippen LogP contribution in [0.25, 0.3) is 0 Å². The topological polar surface area (TPSA) is 66.8 Å². The van der Waals surface area contributed by atoms with E-state index in [2.05, 4.69) is 4.99 Å². The lowest BCUT2D eigenvalue weighted by molar-refractivity contribution is -0.124. The first-order chi connectivity index (χ1) is 11.5. The third-order valence-corrected chi connectivity index (χ3v) is 7.78. The second-order valence-electron chi connectivity index (χ2n) is 7.55. The van der Waals surface area contributed by atoms with Crippen LogP contribution in [0.1, 0.15) is 26.3 Å². The summed E-state index contributed by atoms with van der Waals surface area (Å²) in [4.78, 5) is 18.7. The molecule has 1 aromatic carbocycles. The normalized spacial score (nSPS) is 26.9. The molecule has 0 radical (unpaired) electrons. The van der Waals surface area contributed by atoms with Gasteiger partial charge in [-0.15, -0.1) is 0 Å². The number of hydrogen-bond donors (Lipinski definition) is 0. The molecule has 2 aliphatic heterocycles. The lowest BCUT2D eigenvalue weighted by Crippen LogP contribution is -2.38. The number of aliphatic imine (C=N–C) groups is 1. The van der Waals surface area contributed by atoms with Crippen LogP contribution in [0.2, 0.25) is 5.02 Å². The number of amidine groups is 1. The van der Waals surface area contributed by atoms with Crippen molar-refractivity contribution in [3.8, 4) is 0 Å². The first-order valence-electron chi connectivity index (χ1n) is 8.03. The number of fused-ring (bicyclic) bond motifs is 1. The molecule has 0 bridgehead atoms. The molecule has 3 rings (SSSR count). The maximum Gasteiger partial charge on any atom is 0.253 e. The van der Waals surface area contributed by atoms with Gasteiger partial charge in [0, 0.05) is 21.4 Å². The largest absolute Gasteiger partial charge is 0.315 e. The molecule has 2 heterocycles. The Morgan fingerprint density at radius 1 is 1.32 bits per heavy atom. The highest BCUT2D eigenvalue weighted by molar-refractivity contribution is 8.16. The number of carbonyl (C=O) groups excluding carboxylic acids is 1. The van der Waals surface area contributed by atoms with Crippen LogP contribution in [0.15, 0.2) is 23.2 Å². The number of amides is 1. The Labute approximate surface area is 157 Å². The highest BCUT2D eigenvalue weighted by Gasteiger charge is 2.49. The molecule has 1 amide bonds. The fourth-order valence-corrected chi connectivity index (χ4v) is 7.01. The standard InChI is InChI=1S/C17H21ClN2O3S2/c1-10-5-6-11(18)7-12(10)20-13-8-25(22,23)9-14(13)24-16(20)19-15(21)17(2,3)4/h5-7,13-14H,8-9H2,1-4H3/t13-,14-/m1/s1. The van der Waals surface area contributed by atoms with Crippen LogP contribution in [0.4, 0.5) is 5.69 Å². The molecule has 0 unspecified atom stereocenters. The minimum Gasteiger partial charge on any atom is -0.315 e. The molecule has 0 aromatic heterocycles. The second-order valence-corrected chi connectivity index (χ2v) is 11.3. The Bertz CT molecular complexity index is 859. The Hall–Kier alpha value is -1.05. The van der Waals surface area contributed by atoms with E-state index in [-0.39, 0.29) is 28.7 Å². The predicted molar refractivity (Wildman–Crippen MR) is 104 cm³/mol. The average molecular weight is 401 g/mol. The molecule has 0 aliphatic carbocycles. The van der Waals surface area contributed by atoms with Gasteiger partial charge in [0.2, 0.25) is 0 Å². The van der Waals surface area contributed by atoms with E-state index in [4.69, 9.17) is 11.6 Å². The predicted octanol–water partition coefficient (Wildman–Crippen LogP) is 3.30. The van der Waals surface area contributed by atoms with Crippen LogP contribution >= 0.6 is 23.4 Å². The highest BCUT2D eigenvalue weighted by atomic mass is 35.5. The van der Waals surface area contributed by atoms with Gasteiger partial charge in [-0.3, -0.25) is 4.79 Å². The van der Waals surface area contributed by atoms with Gasteiger partial charge in [-0.25, -0.2) is 8.42 Å². The van der Waals surface area contributed by atoms with Crippen molar-refractivity contribution in [2.75, 3.05) is 16.4 Å². The maximum atomic E-state index is 12.4. The van der Waals surface area contributed by atoms with E-state index in [9.17, 15) is 13.2 Å². The van der Waals surface area contributed by atoms with E-state index in [1.807, 2.05) is 44.7 Å². The fraction of sp³-hybridized carbons (Fsp3) is 0.529. The van der Waals surface area contributed by atoms with Gasteiger partial charge in [0.25, 0.3) is 5.91 Å². The molecular weight excluding hydrogens is 380 g/mol. The molecule has 2 saturated heterocycles. The summed E-state index contributed by atoms with van der Waals surface area (Å²) in [7, 11) is -3.09. The smallest absolute Gasteiger partial charge is 0.253 e. The van der Waals surface area contributed by atoms with Crippen molar-refractivity contribution in [2.45, 2.75) is 39.0 Å². The summed E-state index contributed by atoms with van der Waals surface area (Å²) in [5.74, 6) is -0.0388. The first-order valence-corrected chi connectivity index (χ1v) is 11.1. The SMILES string of the molecule is Cc1ccc(Cl)cc1N1C(=NC(=O)C(C)(C)C)S[C@@H]2CS(=O)(=O)C[C@H]21. The van der Waals surface area contributed by atoms with Crippen molar-refractivity contribution in [3.05, 3.63) is 28.8 Å². The number of anilines is 1. The minimum atomic E-state index is -3.09. The van der Waals surface area contributed by atoms with Gasteiger partial charge in [0.05, 0.1) is 17.5 Å². The van der Waals surface area contributed by atoms with Crippen LogP contribution in [0, 0.1) is 12.3 Å². The van der Waals surface area contributed by atoms with Gasteiger partial charge in [0.15, 0.2) is 15.0 Å². The quantitative estimate of drug-likeness (QED) is 0.723. The Kier molecular flexibility index (Phi) is 4.71. The fourth-order valence-electron chi connectivity index (χ4n) is 2.94. The van der Waals surface area contributed by atoms with Crippen LogP contribution in [-0.2, 0) is 14.6 Å². The number of carbonyl (C=O) groups is 1. The zero-order valence-electron chi connectivity index (χ0n) is 14.6. The number of rotatable bonds is 1. The average Bonchev–Trinajstić information content (AvgIpc) is 2.92. The number of hydrogen-bond acceptors (Lipinski definition) is 4. The van der Waals surface area contributed by atoms with Gasteiger partial charge in [-0.2, -0.15) is 4.99 Å². The van der Waals surface area contributed by atoms with Crippen LogP contribution in [-0.4, -0.2) is 42.3 Å². The van der Waals surface area contributed by atoms with Gasteiger partial charge in [0.1, 0.15) is 0 Å². The highest BCUT2D eigenvalue weighted by Crippen LogP contribution is 2.42. The minimum absolute atomic E-state index is 0.0688. The van der Waals surface area contributed by atoms with E-state index in [1.165, 1.54) is 11.8 Å². The number of thioether (sulfide) groups is 1. The summed E-state index contributed by atoms with van der Waals surface area (Å²) < 4.78 is 24.2. The molecular formula is C17H21ClN2O3S2. The van der Waals surface area contributed by atoms with Crippen molar-refractivity contribution in [2.24, 2.45) is 10.4 Å². The molecule has 2 fully saturated rings. The van der Waals surface area contributed by atoms with Crippen molar-refractivity contribution >= 4 is 50.0 Å². The molecule has 8 heteroatoms. The van der Waals surface area contributed by atoms with E-state index >= 15 is 0 Å². The lowest BCUT2D eigenvalue weighted by Gasteiger charge is -2.27. The first kappa shape index (κ1) is 18.7. The molecule has 2 atom stereocenters. The van der Waals surface area contributed by atoms with E-state index in [1.54, 1.807) is 6.07 Å². The Balaban J connectivity index is 2.09. The molecule has 1 aromatic rings. The zero-order valence-corrected chi connectivity index (χ0v) is 17.0. The van der Waals surface area contributed by atoms with E-state index < -0.39 is 15.3 Å². The Morgan fingerprint density at radius 2 is 2.00 bits per heavy atom. The molecule has 5 nitrogen and oxygen atoms in total. The van der Waals surface area contributed by atoms with Gasteiger partial charge >= 0.3 is 0 Å². The third-order valence-electron chi connectivity index (χ3n) is 4.34. The number of aryl methyl sites for hydroxylation is 1. The van der Waals surface area contributed by atoms with Crippen LogP contribution < -0.4 is 4.90 Å². The van der Waals surface area contributed by atoms with Gasteiger partial charge in [-0.1, -0.05) is 50.2 Å². The van der Waals surface area contributed by atoms with Crippen molar-refractivity contribution in [3.63, 3.8) is 0 Å². The number of halogens is 1. The van der Waals surface area contributed by atoms with Crippen molar-refractivity contribution in [1.82, 2.24) is 0 Å². The monoisotopic (exact) mass is 400 g/mol. The molecule has 25 heavy (non-hydrogen) atoms. The maximum absolute atomic E-state index is 12.4. The summed E-state index contributed by atoms with van der Waals surface area (Å²) in [6.07, 6.45) is 0. The van der Waals surface area contributed by atoms with Crippen molar-refractivity contribution < 1.29 is 13.2 Å². The lowest BCUT2D eigenvalue weighted by atomic mass is 9.96. The molecule has 0 saturated carbocycles. The Morgan fingerprint density at radius 3 is 2.64 bits per heavy atom. The number of nitrogens with zero attached hydrogens (tertiary/aromatic N) is 2. The van der Waals surface area contributed by atoms with E-state index in [0.29, 0.717) is 10.2 Å². The molecule has 2 aliphatic rings. The molecule has 0 N–H and O–H groups in total. The third kappa shape index (κ3) is 3.73. The second kappa shape index (κ2) is 6.28. The zero-order chi connectivity index (χ0) is 18.6. The number of sulfone groups is 1. The number of benzene rings is 1. The van der Waals surface area contributed by atoms with Crippen molar-refractivity contribution in [1.29, 1.82) is 0 Å². The van der Waals surface area contributed by atoms with Gasteiger partial charge < -0.3 is 4.90 Å². The molecule has 0 spiro atoms. The summed E-state index contributed by atoms with van der Waals surface area (Å²) >= 11 is 7.54.